The van der Waals surface area contributed by atoms with Crippen molar-refractivity contribution >= 4 is 0 Å². The molecule has 0 heterocycles. The van der Waals surface area contributed by atoms with E-state index in [0.29, 0.717) is 5.41 Å². The van der Waals surface area contributed by atoms with Crippen LogP contribution in [-0.4, -0.2) is 0 Å². The molecule has 0 saturated carbocycles. The molecule has 0 aliphatic rings. The van der Waals surface area contributed by atoms with Crippen molar-refractivity contribution in [3.8, 4) is 5.92 Å². The Morgan fingerprint density at radius 2 is 2.00 bits per heavy atom. The first-order chi connectivity index (χ1) is 4.12. The minimum atomic E-state index is 0.411. The molecule has 9 heavy (non-hydrogen) atoms. The van der Waals surface area contributed by atoms with E-state index in [2.05, 4.69) is 26.7 Å². The lowest BCUT2D eigenvalue weighted by atomic mass is 9.85. The first-order valence-electron chi connectivity index (χ1n) is 3.52. The van der Waals surface area contributed by atoms with Gasteiger partial charge in [0, 0.05) is 6.42 Å². The van der Waals surface area contributed by atoms with Crippen molar-refractivity contribution in [3.05, 3.63) is 6.42 Å². The van der Waals surface area contributed by atoms with Crippen LogP contribution in [-0.2, 0) is 0 Å². The summed E-state index contributed by atoms with van der Waals surface area (Å²) < 4.78 is 0. The summed E-state index contributed by atoms with van der Waals surface area (Å²) in [6.07, 6.45) is 9.79. The van der Waals surface area contributed by atoms with Gasteiger partial charge >= 0.3 is 0 Å². The number of hydrogen-bond donors (Lipinski definition) is 0. The summed E-state index contributed by atoms with van der Waals surface area (Å²) in [5.74, 6) is 2.41. The Morgan fingerprint density at radius 1 is 1.44 bits per heavy atom. The van der Waals surface area contributed by atoms with Gasteiger partial charge in [-0.05, 0) is 18.3 Å². The van der Waals surface area contributed by atoms with Crippen molar-refractivity contribution in [2.24, 2.45) is 5.41 Å². The third-order valence-corrected chi connectivity index (χ3v) is 1.88. The summed E-state index contributed by atoms with van der Waals surface area (Å²) in [6.45, 7) is 6.64. The standard InChI is InChI=1S/C9H15/c1-5-7-8-9(3,4)6-2/h6-8H2,2-4H3. The van der Waals surface area contributed by atoms with E-state index in [1.807, 2.05) is 0 Å². The summed E-state index contributed by atoms with van der Waals surface area (Å²) >= 11 is 0. The van der Waals surface area contributed by atoms with Gasteiger partial charge in [0.1, 0.15) is 0 Å². The van der Waals surface area contributed by atoms with Gasteiger partial charge in [-0.3, -0.25) is 0 Å². The molecule has 0 unspecified atom stereocenters. The molecule has 0 aliphatic carbocycles. The molecule has 0 nitrogen and oxygen atoms in total. The highest BCUT2D eigenvalue weighted by Gasteiger charge is 2.12. The molecule has 0 amide bonds. The van der Waals surface area contributed by atoms with Crippen LogP contribution in [0.1, 0.15) is 40.0 Å². The molecule has 0 bridgehead atoms. The first kappa shape index (κ1) is 8.56. The summed E-state index contributed by atoms with van der Waals surface area (Å²) in [4.78, 5) is 0. The van der Waals surface area contributed by atoms with E-state index in [1.165, 1.54) is 6.42 Å². The Balaban J connectivity index is 3.48. The second-order valence-electron chi connectivity index (χ2n) is 3.19. The van der Waals surface area contributed by atoms with Crippen LogP contribution in [0.4, 0.5) is 0 Å². The lowest BCUT2D eigenvalue weighted by Gasteiger charge is -2.20. The quantitative estimate of drug-likeness (QED) is 0.506. The third-order valence-electron chi connectivity index (χ3n) is 1.88. The summed E-state index contributed by atoms with van der Waals surface area (Å²) in [7, 11) is 0. The number of rotatable bonds is 3. The van der Waals surface area contributed by atoms with Crippen LogP contribution < -0.4 is 0 Å². The highest BCUT2D eigenvalue weighted by molar-refractivity contribution is 4.79. The smallest absolute Gasteiger partial charge is 0.0104 e. The van der Waals surface area contributed by atoms with Gasteiger partial charge in [0.05, 0.1) is 0 Å². The van der Waals surface area contributed by atoms with Gasteiger partial charge in [-0.25, -0.2) is 0 Å². The monoisotopic (exact) mass is 123 g/mol. The Bertz CT molecular complexity index is 104. The zero-order valence-corrected chi connectivity index (χ0v) is 6.62. The highest BCUT2D eigenvalue weighted by Crippen LogP contribution is 2.25. The second kappa shape index (κ2) is 3.56. The molecule has 0 aromatic rings. The van der Waals surface area contributed by atoms with Gasteiger partial charge in [0.2, 0.25) is 0 Å². The molecular weight excluding hydrogens is 108 g/mol. The molecule has 0 fully saturated rings. The van der Waals surface area contributed by atoms with Crippen LogP contribution in [0.25, 0.3) is 0 Å². The molecule has 0 aromatic heterocycles. The SMILES string of the molecule is [C]#CCCC(C)(C)CC. The molecule has 0 N–H and O–H groups in total. The maximum absolute atomic E-state index is 6.71. The zero-order valence-electron chi connectivity index (χ0n) is 6.62. The molecule has 0 aliphatic heterocycles. The van der Waals surface area contributed by atoms with E-state index in [1.54, 1.807) is 0 Å². The van der Waals surface area contributed by atoms with E-state index >= 15 is 0 Å². The van der Waals surface area contributed by atoms with Crippen molar-refractivity contribution in [1.29, 1.82) is 0 Å². The van der Waals surface area contributed by atoms with Crippen molar-refractivity contribution in [2.75, 3.05) is 0 Å². The Morgan fingerprint density at radius 3 is 2.33 bits per heavy atom. The summed E-state index contributed by atoms with van der Waals surface area (Å²) in [5.41, 5.74) is 0.411. The van der Waals surface area contributed by atoms with Gasteiger partial charge in [-0.1, -0.05) is 33.1 Å². The predicted octanol–water partition coefficient (Wildman–Crippen LogP) is 2.79. The zero-order chi connectivity index (χ0) is 7.33. The largest absolute Gasteiger partial charge is 0.0891 e. The third kappa shape index (κ3) is 4.09. The predicted molar refractivity (Wildman–Crippen MR) is 40.4 cm³/mol. The molecule has 0 heteroatoms. The Kier molecular flexibility index (Phi) is 3.39. The van der Waals surface area contributed by atoms with Crippen molar-refractivity contribution < 1.29 is 0 Å². The van der Waals surface area contributed by atoms with Crippen molar-refractivity contribution in [1.82, 2.24) is 0 Å². The molecule has 0 saturated heterocycles. The van der Waals surface area contributed by atoms with Crippen LogP contribution in [0, 0.1) is 17.8 Å². The van der Waals surface area contributed by atoms with Crippen LogP contribution in [0.2, 0.25) is 0 Å². The van der Waals surface area contributed by atoms with Gasteiger partial charge in [-0.15, -0.1) is 0 Å². The minimum absolute atomic E-state index is 0.411. The molecule has 0 aromatic carbocycles. The second-order valence-corrected chi connectivity index (χ2v) is 3.19. The van der Waals surface area contributed by atoms with Gasteiger partial charge in [-0.2, -0.15) is 0 Å². The lowest BCUT2D eigenvalue weighted by molar-refractivity contribution is 0.327. The molecule has 0 rings (SSSR count). The van der Waals surface area contributed by atoms with Crippen molar-refractivity contribution in [2.45, 2.75) is 40.0 Å². The van der Waals surface area contributed by atoms with Crippen LogP contribution >= 0.6 is 0 Å². The van der Waals surface area contributed by atoms with Gasteiger partial charge in [0.15, 0.2) is 0 Å². The maximum atomic E-state index is 6.71. The molecule has 0 atom stereocenters. The maximum Gasteiger partial charge on any atom is 0.0104 e. The summed E-state index contributed by atoms with van der Waals surface area (Å²) in [6, 6.07) is 0. The van der Waals surface area contributed by atoms with Crippen LogP contribution in [0.3, 0.4) is 0 Å². The first-order valence-corrected chi connectivity index (χ1v) is 3.52. The molecule has 1 radical (unpaired) electrons. The topological polar surface area (TPSA) is 0 Å². The number of hydrogen-bond acceptors (Lipinski definition) is 0. The van der Waals surface area contributed by atoms with E-state index in [4.69, 9.17) is 6.42 Å². The van der Waals surface area contributed by atoms with Crippen LogP contribution in [0.5, 0.6) is 0 Å². The Hall–Kier alpha value is -0.440. The lowest BCUT2D eigenvalue weighted by Crippen LogP contribution is -2.08. The fraction of sp³-hybridized carbons (Fsp3) is 0.778. The van der Waals surface area contributed by atoms with Crippen molar-refractivity contribution in [3.63, 3.8) is 0 Å². The molecule has 0 spiro atoms. The Labute approximate surface area is 58.7 Å². The molecule has 51 valence electrons. The highest BCUT2D eigenvalue weighted by atomic mass is 14.2. The van der Waals surface area contributed by atoms with E-state index in [0.717, 1.165) is 12.8 Å². The van der Waals surface area contributed by atoms with E-state index < -0.39 is 0 Å². The molecular formula is C9H15. The average Bonchev–Trinajstić information content (AvgIpc) is 1.84. The average molecular weight is 123 g/mol. The van der Waals surface area contributed by atoms with Gasteiger partial charge < -0.3 is 0 Å². The summed E-state index contributed by atoms with van der Waals surface area (Å²) in [5, 5.41) is 0. The van der Waals surface area contributed by atoms with E-state index in [-0.39, 0.29) is 0 Å². The van der Waals surface area contributed by atoms with Gasteiger partial charge in [0.25, 0.3) is 0 Å². The fourth-order valence-corrected chi connectivity index (χ4v) is 0.578. The normalized spacial score (nSPS) is 10.9. The van der Waals surface area contributed by atoms with Crippen LogP contribution in [0.15, 0.2) is 0 Å². The van der Waals surface area contributed by atoms with E-state index in [9.17, 15) is 0 Å². The fourth-order valence-electron chi connectivity index (χ4n) is 0.578. The minimum Gasteiger partial charge on any atom is -0.0891 e.